The largest absolute Gasteiger partial charge is 0.468 e. The maximum Gasteiger partial charge on any atom is 0.325 e. The molecule has 0 fully saturated rings. The summed E-state index contributed by atoms with van der Waals surface area (Å²) < 4.78 is 6.11. The lowest BCUT2D eigenvalue weighted by Gasteiger charge is -2.28. The van der Waals surface area contributed by atoms with E-state index in [1.54, 1.807) is 30.1 Å². The maximum atomic E-state index is 11.7. The topological polar surface area (TPSA) is 38.3 Å². The van der Waals surface area contributed by atoms with E-state index < -0.39 is 5.54 Å². The minimum Gasteiger partial charge on any atom is -0.468 e. The molecule has 0 aliphatic rings. The summed E-state index contributed by atoms with van der Waals surface area (Å²) in [6.07, 6.45) is 0.735. The van der Waals surface area contributed by atoms with Crippen molar-refractivity contribution in [1.82, 2.24) is 5.32 Å². The van der Waals surface area contributed by atoms with Crippen molar-refractivity contribution >= 4 is 29.1 Å². The summed E-state index contributed by atoms with van der Waals surface area (Å²) in [4.78, 5) is 11.7. The van der Waals surface area contributed by atoms with Gasteiger partial charge in [-0.15, -0.1) is 23.1 Å². The molecule has 17 heavy (non-hydrogen) atoms. The molecule has 2 unspecified atom stereocenters. The van der Waals surface area contributed by atoms with Gasteiger partial charge in [-0.2, -0.15) is 0 Å². The van der Waals surface area contributed by atoms with Crippen LogP contribution in [0.5, 0.6) is 0 Å². The predicted molar refractivity (Wildman–Crippen MR) is 73.7 cm³/mol. The number of esters is 1. The van der Waals surface area contributed by atoms with Gasteiger partial charge >= 0.3 is 5.97 Å². The summed E-state index contributed by atoms with van der Waals surface area (Å²) in [6, 6.07) is 4.14. The quantitative estimate of drug-likeness (QED) is 0.639. The first-order chi connectivity index (χ1) is 8.01. The molecule has 0 saturated carbocycles. The second kappa shape index (κ2) is 6.42. The lowest BCUT2D eigenvalue weighted by molar-refractivity contribution is -0.147. The van der Waals surface area contributed by atoms with Crippen molar-refractivity contribution in [2.75, 3.05) is 14.2 Å². The van der Waals surface area contributed by atoms with Gasteiger partial charge in [0.25, 0.3) is 0 Å². The Morgan fingerprint density at radius 2 is 2.41 bits per heavy atom. The number of ether oxygens (including phenoxy) is 1. The zero-order chi connectivity index (χ0) is 12.9. The molecule has 1 rings (SSSR count). The third-order valence-electron chi connectivity index (χ3n) is 2.70. The molecule has 0 saturated heterocycles. The molecule has 2 atom stereocenters. The van der Waals surface area contributed by atoms with Gasteiger partial charge in [0.2, 0.25) is 0 Å². The Bertz CT molecular complexity index is 353. The van der Waals surface area contributed by atoms with Crippen molar-refractivity contribution in [1.29, 1.82) is 0 Å². The van der Waals surface area contributed by atoms with Crippen LogP contribution in [0.25, 0.3) is 0 Å². The SMILES string of the molecule is CNC(C)(CC(C)Sc1cccs1)C(=O)OC. The molecular formula is C12H19NO2S2. The molecule has 0 amide bonds. The Balaban J connectivity index is 2.59. The molecule has 0 bridgehead atoms. The van der Waals surface area contributed by atoms with E-state index in [9.17, 15) is 4.79 Å². The molecule has 1 N–H and O–H groups in total. The van der Waals surface area contributed by atoms with E-state index >= 15 is 0 Å². The van der Waals surface area contributed by atoms with Crippen molar-refractivity contribution in [3.63, 3.8) is 0 Å². The zero-order valence-corrected chi connectivity index (χ0v) is 12.3. The summed E-state index contributed by atoms with van der Waals surface area (Å²) in [5.74, 6) is -0.210. The lowest BCUT2D eigenvalue weighted by Crippen LogP contribution is -2.49. The number of thioether (sulfide) groups is 1. The number of carbonyl (C=O) groups is 1. The van der Waals surface area contributed by atoms with Crippen molar-refractivity contribution < 1.29 is 9.53 Å². The number of methoxy groups -OCH3 is 1. The number of rotatable bonds is 6. The maximum absolute atomic E-state index is 11.7. The van der Waals surface area contributed by atoms with Gasteiger partial charge in [0.1, 0.15) is 5.54 Å². The Hall–Kier alpha value is -0.520. The normalized spacial score (nSPS) is 16.2. The fraction of sp³-hybridized carbons (Fsp3) is 0.583. The molecule has 5 heteroatoms. The number of carbonyl (C=O) groups excluding carboxylic acids is 1. The fourth-order valence-corrected chi connectivity index (χ4v) is 3.96. The van der Waals surface area contributed by atoms with E-state index in [1.165, 1.54) is 11.3 Å². The van der Waals surface area contributed by atoms with Gasteiger partial charge in [0.15, 0.2) is 0 Å². The summed E-state index contributed by atoms with van der Waals surface area (Å²) in [5, 5.41) is 5.47. The first-order valence-corrected chi connectivity index (χ1v) is 7.25. The standard InChI is InChI=1S/C12H19NO2S2/c1-9(17-10-6-5-7-16-10)8-12(2,13-3)11(14)15-4/h5-7,9,13H,8H2,1-4H3. The van der Waals surface area contributed by atoms with E-state index in [-0.39, 0.29) is 5.97 Å². The van der Waals surface area contributed by atoms with Crippen molar-refractivity contribution in [2.45, 2.75) is 35.3 Å². The summed E-state index contributed by atoms with van der Waals surface area (Å²) >= 11 is 3.52. The summed E-state index contributed by atoms with van der Waals surface area (Å²) in [7, 11) is 3.22. The van der Waals surface area contributed by atoms with Crippen LogP contribution in [0.2, 0.25) is 0 Å². The highest BCUT2D eigenvalue weighted by Gasteiger charge is 2.34. The van der Waals surface area contributed by atoms with Crippen molar-refractivity contribution in [3.05, 3.63) is 17.5 Å². The number of likely N-dealkylation sites (N-methyl/N-ethyl adjacent to an activating group) is 1. The van der Waals surface area contributed by atoms with Gasteiger partial charge in [-0.25, -0.2) is 0 Å². The Morgan fingerprint density at radius 1 is 1.71 bits per heavy atom. The average molecular weight is 273 g/mol. The highest BCUT2D eigenvalue weighted by atomic mass is 32.2. The van der Waals surface area contributed by atoms with Gasteiger partial charge in [-0.05, 0) is 31.8 Å². The average Bonchev–Trinajstić information content (AvgIpc) is 2.80. The molecule has 0 radical (unpaired) electrons. The van der Waals surface area contributed by atoms with Crippen LogP contribution in [-0.4, -0.2) is 30.9 Å². The molecule has 1 aromatic heterocycles. The zero-order valence-electron chi connectivity index (χ0n) is 10.6. The van der Waals surface area contributed by atoms with Crippen molar-refractivity contribution in [3.8, 4) is 0 Å². The molecular weight excluding hydrogens is 254 g/mol. The van der Waals surface area contributed by atoms with Gasteiger partial charge in [-0.1, -0.05) is 13.0 Å². The molecule has 1 heterocycles. The van der Waals surface area contributed by atoms with Crippen LogP contribution in [0, 0.1) is 0 Å². The van der Waals surface area contributed by atoms with Crippen LogP contribution in [-0.2, 0) is 9.53 Å². The second-order valence-electron chi connectivity index (χ2n) is 4.14. The van der Waals surface area contributed by atoms with Crippen molar-refractivity contribution in [2.24, 2.45) is 0 Å². The second-order valence-corrected chi connectivity index (χ2v) is 6.82. The molecule has 3 nitrogen and oxygen atoms in total. The molecule has 0 aromatic carbocycles. The first kappa shape index (κ1) is 14.5. The molecule has 96 valence electrons. The van der Waals surface area contributed by atoms with Gasteiger partial charge < -0.3 is 10.1 Å². The highest BCUT2D eigenvalue weighted by molar-refractivity contribution is 8.01. The monoisotopic (exact) mass is 273 g/mol. The number of hydrogen-bond acceptors (Lipinski definition) is 5. The van der Waals surface area contributed by atoms with E-state index in [1.807, 2.05) is 13.0 Å². The first-order valence-electron chi connectivity index (χ1n) is 5.49. The third-order valence-corrected chi connectivity index (χ3v) is 4.87. The van der Waals surface area contributed by atoms with Crippen LogP contribution in [0.4, 0.5) is 0 Å². The third kappa shape index (κ3) is 4.01. The number of nitrogens with one attached hydrogen (secondary N) is 1. The van der Waals surface area contributed by atoms with Gasteiger partial charge in [0.05, 0.1) is 11.3 Å². The fourth-order valence-electron chi connectivity index (χ4n) is 1.66. The van der Waals surface area contributed by atoms with E-state index in [0.717, 1.165) is 6.42 Å². The van der Waals surface area contributed by atoms with Crippen LogP contribution >= 0.6 is 23.1 Å². The lowest BCUT2D eigenvalue weighted by atomic mass is 9.96. The minimum absolute atomic E-state index is 0.210. The van der Waals surface area contributed by atoms with Crippen LogP contribution < -0.4 is 5.32 Å². The smallest absolute Gasteiger partial charge is 0.325 e. The highest BCUT2D eigenvalue weighted by Crippen LogP contribution is 2.31. The number of hydrogen-bond donors (Lipinski definition) is 1. The predicted octanol–water partition coefficient (Wildman–Crippen LogP) is 2.77. The summed E-state index contributed by atoms with van der Waals surface area (Å²) in [5.41, 5.74) is -0.613. The Kier molecular flexibility index (Phi) is 5.49. The van der Waals surface area contributed by atoms with E-state index in [2.05, 4.69) is 23.7 Å². The van der Waals surface area contributed by atoms with Crippen LogP contribution in [0.1, 0.15) is 20.3 Å². The van der Waals surface area contributed by atoms with Gasteiger partial charge in [0, 0.05) is 5.25 Å². The van der Waals surface area contributed by atoms with Gasteiger partial charge in [-0.3, -0.25) is 4.79 Å². The Labute approximate surface area is 111 Å². The van der Waals surface area contributed by atoms with E-state index in [4.69, 9.17) is 4.74 Å². The molecule has 0 aliphatic heterocycles. The molecule has 1 aromatic rings. The molecule has 0 aliphatic carbocycles. The molecule has 0 spiro atoms. The summed E-state index contributed by atoms with van der Waals surface area (Å²) in [6.45, 7) is 4.01. The minimum atomic E-state index is -0.613. The number of thiophene rings is 1. The van der Waals surface area contributed by atoms with E-state index in [0.29, 0.717) is 5.25 Å². The van der Waals surface area contributed by atoms with Crippen LogP contribution in [0.3, 0.4) is 0 Å². The van der Waals surface area contributed by atoms with Crippen LogP contribution in [0.15, 0.2) is 21.7 Å². The Morgan fingerprint density at radius 3 is 2.88 bits per heavy atom.